The van der Waals surface area contributed by atoms with Gasteiger partial charge in [-0.1, -0.05) is 22.8 Å². The summed E-state index contributed by atoms with van der Waals surface area (Å²) >= 11 is 6.20. The Morgan fingerprint density at radius 1 is 1.18 bits per heavy atom. The van der Waals surface area contributed by atoms with Gasteiger partial charge >= 0.3 is 0 Å². The Bertz CT molecular complexity index is 1440. The molecule has 3 unspecified atom stereocenters. The van der Waals surface area contributed by atoms with Crippen LogP contribution in [-0.4, -0.2) is 58.9 Å². The summed E-state index contributed by atoms with van der Waals surface area (Å²) in [5.74, 6) is -0.0647. The molecule has 5 heterocycles. The van der Waals surface area contributed by atoms with E-state index < -0.39 is 5.60 Å². The highest BCUT2D eigenvalue weighted by atomic mass is 35.5. The average molecular weight is 479 g/mol. The molecule has 1 aliphatic carbocycles. The highest BCUT2D eigenvalue weighted by Gasteiger charge is 2.68. The van der Waals surface area contributed by atoms with Crippen LogP contribution in [0, 0.1) is 5.92 Å². The molecule has 2 N–H and O–H groups in total. The molecule has 34 heavy (non-hydrogen) atoms. The predicted molar refractivity (Wildman–Crippen MR) is 121 cm³/mol. The molecule has 3 atom stereocenters. The third kappa shape index (κ3) is 3.08. The monoisotopic (exact) mass is 478 g/mol. The van der Waals surface area contributed by atoms with E-state index in [0.29, 0.717) is 39.6 Å². The first-order valence-electron chi connectivity index (χ1n) is 10.6. The number of amides is 1. The Morgan fingerprint density at radius 3 is 2.65 bits per heavy atom. The summed E-state index contributed by atoms with van der Waals surface area (Å²) in [6.45, 7) is 0. The minimum atomic E-state index is -1.68. The van der Waals surface area contributed by atoms with Crippen molar-refractivity contribution in [1.29, 1.82) is 0 Å². The number of nitrogens with zero attached hydrogens (tertiary/aromatic N) is 7. The molecule has 2 fully saturated rings. The van der Waals surface area contributed by atoms with Crippen LogP contribution in [0.5, 0.6) is 0 Å². The van der Waals surface area contributed by atoms with Crippen LogP contribution in [0.1, 0.15) is 12.2 Å². The molecule has 1 saturated carbocycles. The molecule has 6 rings (SSSR count). The third-order valence-corrected chi connectivity index (χ3v) is 6.81. The number of carbonyl (C=O) groups excluding carboxylic acids is 1. The summed E-state index contributed by atoms with van der Waals surface area (Å²) in [7, 11) is 3.43. The second-order valence-electron chi connectivity index (χ2n) is 8.44. The molecule has 0 radical (unpaired) electrons. The second kappa shape index (κ2) is 7.34. The van der Waals surface area contributed by atoms with E-state index in [1.165, 1.54) is 4.68 Å². The molecule has 1 amide bonds. The first kappa shape index (κ1) is 20.8. The van der Waals surface area contributed by atoms with Crippen molar-refractivity contribution in [3.8, 4) is 22.8 Å². The molecule has 0 bridgehead atoms. The fourth-order valence-electron chi connectivity index (χ4n) is 4.41. The summed E-state index contributed by atoms with van der Waals surface area (Å²) in [6, 6.07) is 8.77. The van der Waals surface area contributed by atoms with Crippen LogP contribution in [0.3, 0.4) is 0 Å². The fourth-order valence-corrected chi connectivity index (χ4v) is 4.55. The molecule has 4 aromatic rings. The maximum Gasteiger partial charge on any atom is 0.262 e. The van der Waals surface area contributed by atoms with E-state index in [1.54, 1.807) is 49.6 Å². The number of pyridine rings is 1. The Hall–Kier alpha value is -3.83. The topological polar surface area (TPSA) is 135 Å². The molecule has 172 valence electrons. The number of hydrogen-bond acceptors (Lipinski definition) is 9. The number of aryl methyl sites for hydroxylation is 1. The van der Waals surface area contributed by atoms with Gasteiger partial charge < -0.3 is 19.8 Å². The van der Waals surface area contributed by atoms with Gasteiger partial charge in [0.25, 0.3) is 5.91 Å². The van der Waals surface area contributed by atoms with Crippen molar-refractivity contribution in [3.63, 3.8) is 0 Å². The molecule has 2 aliphatic rings. The number of hydrogen-bond donors (Lipinski definition) is 2. The lowest BCUT2D eigenvalue weighted by Gasteiger charge is -2.21. The summed E-state index contributed by atoms with van der Waals surface area (Å²) in [6.07, 6.45) is 3.95. The van der Waals surface area contributed by atoms with Crippen molar-refractivity contribution in [2.75, 3.05) is 12.4 Å². The maximum absolute atomic E-state index is 12.6. The molecule has 1 aliphatic heterocycles. The van der Waals surface area contributed by atoms with Gasteiger partial charge in [-0.25, -0.2) is 15.0 Å². The van der Waals surface area contributed by atoms with Crippen molar-refractivity contribution in [2.24, 2.45) is 13.0 Å². The van der Waals surface area contributed by atoms with Crippen LogP contribution in [0.15, 0.2) is 47.2 Å². The number of carbonyl (C=O) groups is 1. The minimum Gasteiger partial charge on any atom is -0.373 e. The summed E-state index contributed by atoms with van der Waals surface area (Å²) in [4.78, 5) is 27.6. The number of likely N-dealkylation sites (tertiary alicyclic amines) is 1. The highest BCUT2D eigenvalue weighted by molar-refractivity contribution is 6.32. The zero-order valence-electron chi connectivity index (χ0n) is 18.2. The van der Waals surface area contributed by atoms with Gasteiger partial charge in [-0.15, -0.1) is 0 Å². The molecule has 0 aromatic carbocycles. The van der Waals surface area contributed by atoms with E-state index in [9.17, 15) is 9.90 Å². The van der Waals surface area contributed by atoms with Crippen LogP contribution in [-0.2, 0) is 17.4 Å². The molecule has 12 heteroatoms. The van der Waals surface area contributed by atoms with Crippen molar-refractivity contribution in [1.82, 2.24) is 34.8 Å². The number of piperidine rings is 1. The zero-order chi connectivity index (χ0) is 23.6. The lowest BCUT2D eigenvalue weighted by atomic mass is 9.95. The van der Waals surface area contributed by atoms with E-state index in [4.69, 9.17) is 16.1 Å². The van der Waals surface area contributed by atoms with Gasteiger partial charge in [0.05, 0.1) is 29.0 Å². The molecule has 11 nitrogen and oxygen atoms in total. The Labute approximate surface area is 198 Å². The maximum atomic E-state index is 12.6. The fraction of sp³-hybridized carbons (Fsp3) is 0.273. The third-order valence-electron chi connectivity index (χ3n) is 6.37. The number of likely N-dealkylation sites (N-methyl/N-ethyl adjacent to an activating group) is 1. The normalized spacial score (nSPS) is 23.3. The van der Waals surface area contributed by atoms with Gasteiger partial charge in [-0.2, -0.15) is 5.10 Å². The zero-order valence-corrected chi connectivity index (χ0v) is 18.9. The molecule has 4 aromatic heterocycles. The number of aliphatic hydroxyl groups is 1. The van der Waals surface area contributed by atoms with Crippen LogP contribution in [0.2, 0.25) is 5.15 Å². The number of fused-ring (bicyclic) bond motifs is 1. The molecule has 0 spiro atoms. The minimum absolute atomic E-state index is 0.0506. The molecular weight excluding hydrogens is 460 g/mol. The predicted octanol–water partition coefficient (Wildman–Crippen LogP) is 2.37. The van der Waals surface area contributed by atoms with Crippen molar-refractivity contribution >= 4 is 29.1 Å². The second-order valence-corrected chi connectivity index (χ2v) is 8.80. The molecule has 1 saturated heterocycles. The summed E-state index contributed by atoms with van der Waals surface area (Å²) in [5, 5.41) is 22.7. The number of rotatable bonds is 5. The van der Waals surface area contributed by atoms with Gasteiger partial charge in [0, 0.05) is 38.3 Å². The smallest absolute Gasteiger partial charge is 0.262 e. The van der Waals surface area contributed by atoms with Gasteiger partial charge in [0.2, 0.25) is 11.5 Å². The standard InChI is InChI=1S/C22H19ClN8O3/c1-30-17-8-11(17)22(33,20(30)32)18-9-15(29-34-18)13-5-3-4-12(26-13)14-6-7-24-21(27-14)28-16-10-25-31(2)19(16)23/h3-7,9-11,17,33H,8H2,1-2H3,(H,24,27,28). The lowest BCUT2D eigenvalue weighted by molar-refractivity contribution is -0.149. The van der Waals surface area contributed by atoms with Crippen LogP contribution >= 0.6 is 11.6 Å². The Balaban J connectivity index is 1.29. The number of nitrogens with one attached hydrogen (secondary N) is 1. The largest absolute Gasteiger partial charge is 0.373 e. The summed E-state index contributed by atoms with van der Waals surface area (Å²) < 4.78 is 6.95. The van der Waals surface area contributed by atoms with Gasteiger partial charge in [-0.05, 0) is 24.6 Å². The summed E-state index contributed by atoms with van der Waals surface area (Å²) in [5.41, 5.74) is 1.01. The van der Waals surface area contributed by atoms with Crippen LogP contribution in [0.4, 0.5) is 11.6 Å². The average Bonchev–Trinajstić information content (AvgIpc) is 3.34. The number of halogens is 1. The van der Waals surface area contributed by atoms with Gasteiger partial charge in [0.15, 0.2) is 5.76 Å². The van der Waals surface area contributed by atoms with E-state index in [1.807, 2.05) is 12.1 Å². The van der Waals surface area contributed by atoms with Crippen LogP contribution in [0.25, 0.3) is 22.8 Å². The first-order chi connectivity index (χ1) is 16.4. The quantitative estimate of drug-likeness (QED) is 0.443. The van der Waals surface area contributed by atoms with E-state index in [-0.39, 0.29) is 23.6 Å². The lowest BCUT2D eigenvalue weighted by Crippen LogP contribution is -2.40. The van der Waals surface area contributed by atoms with Crippen molar-refractivity contribution in [3.05, 3.63) is 53.6 Å². The van der Waals surface area contributed by atoms with E-state index >= 15 is 0 Å². The van der Waals surface area contributed by atoms with Crippen LogP contribution < -0.4 is 5.32 Å². The van der Waals surface area contributed by atoms with Gasteiger partial charge in [0.1, 0.15) is 10.8 Å². The van der Waals surface area contributed by atoms with E-state index in [0.717, 1.165) is 6.42 Å². The molecular formula is C22H19ClN8O3. The van der Waals surface area contributed by atoms with Gasteiger partial charge in [-0.3, -0.25) is 9.48 Å². The SMILES string of the molecule is CN1C(=O)C(O)(c2cc(-c3cccc(-c4ccnc(Nc5cnn(C)c5Cl)n4)n3)no2)C2CC21. The number of aromatic nitrogens is 6. The highest BCUT2D eigenvalue weighted by Crippen LogP contribution is 2.55. The Kier molecular flexibility index (Phi) is 4.48. The number of anilines is 2. The first-order valence-corrected chi connectivity index (χ1v) is 11.0. The Morgan fingerprint density at radius 2 is 1.94 bits per heavy atom. The van der Waals surface area contributed by atoms with E-state index in [2.05, 4.69) is 30.5 Å². The van der Waals surface area contributed by atoms with Crippen molar-refractivity contribution < 1.29 is 14.4 Å². The van der Waals surface area contributed by atoms with Crippen molar-refractivity contribution in [2.45, 2.75) is 18.1 Å².